The molecule has 2 aromatic rings. The molecule has 5 rings (SSSR count). The van der Waals surface area contributed by atoms with Gasteiger partial charge in [0.1, 0.15) is 11.5 Å². The minimum absolute atomic E-state index is 0.245. The molecule has 0 radical (unpaired) electrons. The van der Waals surface area contributed by atoms with Gasteiger partial charge in [-0.1, -0.05) is 15.9 Å². The molecule has 0 bridgehead atoms. The van der Waals surface area contributed by atoms with Gasteiger partial charge >= 0.3 is 0 Å². The summed E-state index contributed by atoms with van der Waals surface area (Å²) in [6, 6.07) is 16.0. The molecule has 3 aliphatic rings. The van der Waals surface area contributed by atoms with Crippen LogP contribution in [0.2, 0.25) is 0 Å². The van der Waals surface area contributed by atoms with Crippen molar-refractivity contribution in [3.8, 4) is 11.5 Å². The maximum absolute atomic E-state index is 11.1. The lowest BCUT2D eigenvalue weighted by Crippen LogP contribution is -2.24. The zero-order valence-corrected chi connectivity index (χ0v) is 21.4. The molecule has 1 atom stereocenters. The van der Waals surface area contributed by atoms with Crippen molar-refractivity contribution < 1.29 is 22.1 Å². The van der Waals surface area contributed by atoms with Gasteiger partial charge in [0.25, 0.3) is 10.1 Å². The van der Waals surface area contributed by atoms with Crippen LogP contribution in [-0.4, -0.2) is 47.1 Å². The zero-order chi connectivity index (χ0) is 23.3. The van der Waals surface area contributed by atoms with Crippen LogP contribution in [0.5, 0.6) is 11.5 Å². The average Bonchev–Trinajstić information content (AvgIpc) is 3.71. The van der Waals surface area contributed by atoms with Gasteiger partial charge in [0, 0.05) is 23.2 Å². The highest BCUT2D eigenvalue weighted by molar-refractivity contribution is 9.10. The van der Waals surface area contributed by atoms with Crippen LogP contribution in [-0.2, 0) is 14.3 Å². The Morgan fingerprint density at radius 2 is 1.36 bits per heavy atom. The third-order valence-electron chi connectivity index (χ3n) is 5.84. The third kappa shape index (κ3) is 8.83. The lowest BCUT2D eigenvalue weighted by Gasteiger charge is -2.18. The van der Waals surface area contributed by atoms with Gasteiger partial charge in [-0.2, -0.15) is 8.42 Å². The van der Waals surface area contributed by atoms with Gasteiger partial charge in [-0.3, -0.25) is 4.18 Å². The van der Waals surface area contributed by atoms with Crippen LogP contribution in [0, 0.1) is 11.8 Å². The number of hydrogen-bond acceptors (Lipinski definition) is 6. The van der Waals surface area contributed by atoms with Crippen LogP contribution < -0.4 is 14.4 Å². The highest BCUT2D eigenvalue weighted by Crippen LogP contribution is 2.31. The lowest BCUT2D eigenvalue weighted by molar-refractivity contribution is 0.234. The Kier molecular flexibility index (Phi) is 8.20. The monoisotopic (exact) mass is 537 g/mol. The Balaban J connectivity index is 0.000000183. The molecule has 0 spiro atoms. The van der Waals surface area contributed by atoms with E-state index < -0.39 is 10.1 Å². The number of nitrogens with zero attached hydrogens (tertiary/aromatic N) is 1. The first-order valence-corrected chi connectivity index (χ1v) is 14.2. The number of halogens is 1. The minimum Gasteiger partial charge on any atom is -0.493 e. The Bertz CT molecular complexity index is 988. The number of anilines is 1. The lowest BCUT2D eigenvalue weighted by atomic mass is 10.3. The largest absolute Gasteiger partial charge is 0.493 e. The standard InChI is InChI=1S/C15H21NO4S.C10H11BrO/c1-21(17,18)20-15-8-9-16(10-15)13-4-6-14(7-5-13)19-11-12-2-3-12;11-9-3-5-10(6-4-9)12-7-8-1-2-8/h4-7,12,15H,2-3,8-11H2,1H3;3-6,8H,1-2,7H2/t15-;/m0./s1. The molecule has 1 aliphatic heterocycles. The second-order valence-electron chi connectivity index (χ2n) is 9.11. The van der Waals surface area contributed by atoms with E-state index >= 15 is 0 Å². The van der Waals surface area contributed by atoms with Crippen molar-refractivity contribution >= 4 is 31.7 Å². The number of ether oxygens (including phenoxy) is 2. The molecule has 0 aromatic heterocycles. The average molecular weight is 539 g/mol. The van der Waals surface area contributed by atoms with Gasteiger partial charge in [-0.05, 0) is 92.5 Å². The summed E-state index contributed by atoms with van der Waals surface area (Å²) in [7, 11) is -3.38. The highest BCUT2D eigenvalue weighted by atomic mass is 79.9. The Morgan fingerprint density at radius 1 is 0.848 bits per heavy atom. The van der Waals surface area contributed by atoms with E-state index in [0.717, 1.165) is 65.9 Å². The molecule has 2 aliphatic carbocycles. The van der Waals surface area contributed by atoms with Crippen molar-refractivity contribution in [3.05, 3.63) is 53.0 Å². The fourth-order valence-corrected chi connectivity index (χ4v) is 4.49. The van der Waals surface area contributed by atoms with Crippen molar-refractivity contribution in [3.63, 3.8) is 0 Å². The number of rotatable bonds is 9. The summed E-state index contributed by atoms with van der Waals surface area (Å²) in [6.07, 6.45) is 6.84. The van der Waals surface area contributed by atoms with E-state index in [0.29, 0.717) is 6.54 Å². The summed E-state index contributed by atoms with van der Waals surface area (Å²) >= 11 is 3.38. The van der Waals surface area contributed by atoms with E-state index in [-0.39, 0.29) is 6.10 Å². The number of hydrogen-bond donors (Lipinski definition) is 0. The van der Waals surface area contributed by atoms with Gasteiger partial charge in [0.15, 0.2) is 0 Å². The van der Waals surface area contributed by atoms with Crippen molar-refractivity contribution in [2.24, 2.45) is 11.8 Å². The first-order valence-electron chi connectivity index (χ1n) is 11.6. The van der Waals surface area contributed by atoms with Crippen LogP contribution in [0.25, 0.3) is 0 Å². The molecule has 1 saturated heterocycles. The quantitative estimate of drug-likeness (QED) is 0.406. The summed E-state index contributed by atoms with van der Waals surface area (Å²) in [5.74, 6) is 3.45. The molecule has 33 heavy (non-hydrogen) atoms. The van der Waals surface area contributed by atoms with Crippen LogP contribution in [0.4, 0.5) is 5.69 Å². The minimum atomic E-state index is -3.38. The molecule has 1 heterocycles. The molecule has 0 N–H and O–H groups in total. The van der Waals surface area contributed by atoms with E-state index in [1.165, 1.54) is 25.7 Å². The van der Waals surface area contributed by atoms with E-state index in [2.05, 4.69) is 20.8 Å². The Morgan fingerprint density at radius 3 is 1.85 bits per heavy atom. The number of benzene rings is 2. The molecular weight excluding hydrogens is 506 g/mol. The SMILES string of the molecule is Brc1ccc(OCC2CC2)cc1.CS(=O)(=O)O[C@H]1CCN(c2ccc(OCC3CC3)cc2)C1. The topological polar surface area (TPSA) is 65.1 Å². The summed E-state index contributed by atoms with van der Waals surface area (Å²) in [5, 5.41) is 0. The Hall–Kier alpha value is -1.77. The first kappa shape index (κ1) is 24.4. The normalized spacial score (nSPS) is 20.2. The Labute approximate surface area is 205 Å². The second-order valence-corrected chi connectivity index (χ2v) is 11.6. The second kappa shape index (κ2) is 11.1. The van der Waals surface area contributed by atoms with Crippen LogP contribution >= 0.6 is 15.9 Å². The van der Waals surface area contributed by atoms with E-state index in [1.807, 2.05) is 48.5 Å². The molecule has 0 amide bonds. The molecule has 2 aromatic carbocycles. The molecule has 8 heteroatoms. The first-order chi connectivity index (χ1) is 15.8. The van der Waals surface area contributed by atoms with Crippen molar-refractivity contribution in [2.45, 2.75) is 38.2 Å². The highest BCUT2D eigenvalue weighted by Gasteiger charge is 2.26. The van der Waals surface area contributed by atoms with E-state index in [9.17, 15) is 8.42 Å². The molecule has 2 saturated carbocycles. The predicted octanol–water partition coefficient (Wildman–Crippen LogP) is 5.27. The maximum atomic E-state index is 11.1. The van der Waals surface area contributed by atoms with Gasteiger partial charge in [0.2, 0.25) is 0 Å². The van der Waals surface area contributed by atoms with Crippen molar-refractivity contribution in [1.29, 1.82) is 0 Å². The van der Waals surface area contributed by atoms with Crippen LogP contribution in [0.1, 0.15) is 32.1 Å². The molecule has 0 unspecified atom stereocenters. The van der Waals surface area contributed by atoms with Crippen molar-refractivity contribution in [1.82, 2.24) is 0 Å². The third-order valence-corrected chi connectivity index (χ3v) is 6.99. The predicted molar refractivity (Wildman–Crippen MR) is 134 cm³/mol. The van der Waals surface area contributed by atoms with Gasteiger partial charge in [-0.25, -0.2) is 0 Å². The molecule has 180 valence electrons. The fraction of sp³-hybridized carbons (Fsp3) is 0.520. The molecular formula is C25H32BrNO5S. The van der Waals surface area contributed by atoms with Gasteiger partial charge in [-0.15, -0.1) is 0 Å². The van der Waals surface area contributed by atoms with Crippen LogP contribution in [0.15, 0.2) is 53.0 Å². The van der Waals surface area contributed by atoms with E-state index in [4.69, 9.17) is 13.7 Å². The summed E-state index contributed by atoms with van der Waals surface area (Å²) in [5.41, 5.74) is 1.08. The van der Waals surface area contributed by atoms with Crippen molar-refractivity contribution in [2.75, 3.05) is 37.5 Å². The summed E-state index contributed by atoms with van der Waals surface area (Å²) in [6.45, 7) is 3.12. The fourth-order valence-electron chi connectivity index (χ4n) is 3.57. The summed E-state index contributed by atoms with van der Waals surface area (Å²) < 4.78 is 39.7. The molecule has 3 fully saturated rings. The smallest absolute Gasteiger partial charge is 0.264 e. The van der Waals surface area contributed by atoms with E-state index in [1.54, 1.807) is 0 Å². The van der Waals surface area contributed by atoms with Gasteiger partial charge < -0.3 is 14.4 Å². The van der Waals surface area contributed by atoms with Gasteiger partial charge in [0.05, 0.1) is 25.6 Å². The molecule has 6 nitrogen and oxygen atoms in total. The maximum Gasteiger partial charge on any atom is 0.264 e. The zero-order valence-electron chi connectivity index (χ0n) is 19.0. The summed E-state index contributed by atoms with van der Waals surface area (Å²) in [4.78, 5) is 2.14. The van der Waals surface area contributed by atoms with Crippen LogP contribution in [0.3, 0.4) is 0 Å².